The van der Waals surface area contributed by atoms with Crippen LogP contribution in [-0.4, -0.2) is 11.8 Å². The van der Waals surface area contributed by atoms with E-state index in [2.05, 4.69) is 21.8 Å². The number of hydrogen-bond donors (Lipinski definition) is 2. The highest BCUT2D eigenvalue weighted by molar-refractivity contribution is 7.99. The number of aromatic nitrogens is 1. The minimum absolute atomic E-state index is 0.00953. The van der Waals surface area contributed by atoms with Crippen LogP contribution >= 0.6 is 23.3 Å². The molecule has 0 unspecified atom stereocenters. The maximum absolute atomic E-state index is 11.9. The number of benzene rings is 1. The van der Waals surface area contributed by atoms with Gasteiger partial charge in [-0.3, -0.25) is 9.52 Å². The summed E-state index contributed by atoms with van der Waals surface area (Å²) in [5.41, 5.74) is 3.98. The zero-order valence-corrected chi connectivity index (χ0v) is 16.8. The number of H-pyrrole nitrogens is 1. The van der Waals surface area contributed by atoms with Crippen LogP contribution in [0.1, 0.15) is 23.7 Å². The molecule has 1 aliphatic rings. The summed E-state index contributed by atoms with van der Waals surface area (Å²) in [7, 11) is 0. The zero-order chi connectivity index (χ0) is 18.8. The molecule has 1 aromatic carbocycles. The van der Waals surface area contributed by atoms with Gasteiger partial charge >= 0.3 is 0 Å². The van der Waals surface area contributed by atoms with Crippen molar-refractivity contribution in [2.24, 2.45) is 0 Å². The summed E-state index contributed by atoms with van der Waals surface area (Å²) < 4.78 is 15.3. The first-order valence-corrected chi connectivity index (χ1v) is 10.4. The normalized spacial score (nSPS) is 12.5. The first-order chi connectivity index (χ1) is 13.1. The molecule has 3 aromatic rings. The summed E-state index contributed by atoms with van der Waals surface area (Å²) in [6, 6.07) is 12.2. The number of ether oxygens (including phenoxy) is 2. The summed E-state index contributed by atoms with van der Waals surface area (Å²) in [6.07, 6.45) is 0.729. The van der Waals surface area contributed by atoms with E-state index < -0.39 is 0 Å². The third-order valence-corrected chi connectivity index (χ3v) is 6.47. The van der Waals surface area contributed by atoms with E-state index in [4.69, 9.17) is 9.47 Å². The zero-order valence-electron chi connectivity index (χ0n) is 15.1. The van der Waals surface area contributed by atoms with Crippen LogP contribution < -0.4 is 19.8 Å². The summed E-state index contributed by atoms with van der Waals surface area (Å²) in [4.78, 5) is 16.0. The van der Waals surface area contributed by atoms with E-state index in [1.54, 1.807) is 23.3 Å². The monoisotopic (exact) mass is 400 g/mol. The molecule has 7 heteroatoms. The Bertz CT molecular complexity index is 1030. The van der Waals surface area contributed by atoms with Gasteiger partial charge < -0.3 is 14.5 Å². The van der Waals surface area contributed by atoms with Crippen LogP contribution in [-0.2, 0) is 13.0 Å². The van der Waals surface area contributed by atoms with Gasteiger partial charge in [-0.05, 0) is 61.2 Å². The Morgan fingerprint density at radius 3 is 2.89 bits per heavy atom. The Labute approximate surface area is 165 Å². The van der Waals surface area contributed by atoms with Gasteiger partial charge in [0, 0.05) is 28.2 Å². The maximum atomic E-state index is 11.9. The molecule has 1 aliphatic heterocycles. The molecule has 0 aliphatic carbocycles. The lowest BCUT2D eigenvalue weighted by Crippen LogP contribution is -2.13. The molecule has 0 saturated heterocycles. The number of pyridine rings is 1. The second kappa shape index (κ2) is 7.80. The van der Waals surface area contributed by atoms with Gasteiger partial charge in [-0.15, -0.1) is 11.3 Å². The van der Waals surface area contributed by atoms with Crippen LogP contribution in [0.3, 0.4) is 0 Å². The molecule has 27 heavy (non-hydrogen) atoms. The molecule has 0 atom stereocenters. The lowest BCUT2D eigenvalue weighted by Gasteiger charge is -2.06. The van der Waals surface area contributed by atoms with Crippen molar-refractivity contribution in [2.45, 2.75) is 31.0 Å². The first-order valence-electron chi connectivity index (χ1n) is 8.75. The average Bonchev–Trinajstić information content (AvgIpc) is 3.31. The molecular formula is C20H20N2O3S2. The van der Waals surface area contributed by atoms with Crippen molar-refractivity contribution >= 4 is 23.3 Å². The third-order valence-electron chi connectivity index (χ3n) is 4.43. The lowest BCUT2D eigenvalue weighted by molar-refractivity contribution is 0.174. The van der Waals surface area contributed by atoms with E-state index in [-0.39, 0.29) is 5.56 Å². The number of thiophene rings is 1. The van der Waals surface area contributed by atoms with Crippen LogP contribution in [0.25, 0.3) is 10.4 Å². The summed E-state index contributed by atoms with van der Waals surface area (Å²) in [6.45, 7) is 4.97. The lowest BCUT2D eigenvalue weighted by atomic mass is 10.1. The van der Waals surface area contributed by atoms with Crippen molar-refractivity contribution in [3.63, 3.8) is 0 Å². The maximum Gasteiger partial charge on any atom is 0.251 e. The second-order valence-corrected chi connectivity index (χ2v) is 8.52. The van der Waals surface area contributed by atoms with Crippen molar-refractivity contribution in [3.8, 4) is 21.9 Å². The fourth-order valence-corrected chi connectivity index (χ4v) is 4.89. The summed E-state index contributed by atoms with van der Waals surface area (Å²) in [5, 5.41) is 0. The minimum atomic E-state index is 0.00953. The second-order valence-electron chi connectivity index (χ2n) is 6.25. The van der Waals surface area contributed by atoms with Crippen LogP contribution in [0.5, 0.6) is 11.5 Å². The Morgan fingerprint density at radius 2 is 2.04 bits per heavy atom. The molecule has 4 rings (SSSR count). The van der Waals surface area contributed by atoms with Gasteiger partial charge in [0.2, 0.25) is 6.79 Å². The van der Waals surface area contributed by atoms with Crippen molar-refractivity contribution in [1.82, 2.24) is 9.71 Å². The molecule has 0 saturated carbocycles. The van der Waals surface area contributed by atoms with Gasteiger partial charge in [0.05, 0.1) is 4.21 Å². The molecule has 0 radical (unpaired) electrons. The van der Waals surface area contributed by atoms with Gasteiger partial charge in [-0.2, -0.15) is 0 Å². The number of fused-ring (bicyclic) bond motifs is 1. The molecule has 0 bridgehead atoms. The van der Waals surface area contributed by atoms with Crippen molar-refractivity contribution in [2.75, 3.05) is 6.79 Å². The SMILES string of the molecule is CCc1cc(-c2ccc(SNCc3ccc4c(c3)OCO4)s2)c(C)[nH]c1=O. The highest BCUT2D eigenvalue weighted by Crippen LogP contribution is 2.35. The highest BCUT2D eigenvalue weighted by atomic mass is 32.2. The number of nitrogens with one attached hydrogen (secondary N) is 2. The van der Waals surface area contributed by atoms with Crippen molar-refractivity contribution in [1.29, 1.82) is 0 Å². The molecule has 5 nitrogen and oxygen atoms in total. The first kappa shape index (κ1) is 18.2. The third kappa shape index (κ3) is 3.90. The van der Waals surface area contributed by atoms with E-state index in [1.807, 2.05) is 38.1 Å². The van der Waals surface area contributed by atoms with Gasteiger partial charge in [0.15, 0.2) is 11.5 Å². The average molecular weight is 401 g/mol. The molecule has 3 heterocycles. The smallest absolute Gasteiger partial charge is 0.251 e. The van der Waals surface area contributed by atoms with Gasteiger partial charge in [-0.1, -0.05) is 13.0 Å². The fraction of sp³-hybridized carbons (Fsp3) is 0.250. The standard InChI is InChI=1S/C20H20N2O3S2/c1-3-14-9-15(12(2)22-20(14)23)18-6-7-19(26-18)27-21-10-13-4-5-16-17(8-13)25-11-24-16/h4-9,21H,3,10-11H2,1-2H3,(H,22,23). The van der Waals surface area contributed by atoms with Crippen molar-refractivity contribution < 1.29 is 9.47 Å². The number of rotatable bonds is 6. The predicted octanol–water partition coefficient (Wildman–Crippen LogP) is 4.50. The number of aryl methyl sites for hydroxylation is 2. The summed E-state index contributed by atoms with van der Waals surface area (Å²) in [5.74, 6) is 1.61. The van der Waals surface area contributed by atoms with E-state index in [0.717, 1.165) is 51.7 Å². The highest BCUT2D eigenvalue weighted by Gasteiger charge is 2.13. The van der Waals surface area contributed by atoms with Crippen LogP contribution in [0.2, 0.25) is 0 Å². The number of aromatic amines is 1. The van der Waals surface area contributed by atoms with E-state index in [1.165, 1.54) is 4.21 Å². The van der Waals surface area contributed by atoms with Crippen LogP contribution in [0.15, 0.2) is 45.4 Å². The van der Waals surface area contributed by atoms with Crippen LogP contribution in [0, 0.1) is 6.92 Å². The Hall–Kier alpha value is -2.22. The molecule has 140 valence electrons. The van der Waals surface area contributed by atoms with Crippen LogP contribution in [0.4, 0.5) is 0 Å². The van der Waals surface area contributed by atoms with E-state index in [9.17, 15) is 4.79 Å². The molecule has 0 amide bonds. The minimum Gasteiger partial charge on any atom is -0.454 e. The quantitative estimate of drug-likeness (QED) is 0.597. The molecule has 2 aromatic heterocycles. The largest absolute Gasteiger partial charge is 0.454 e. The molecule has 0 spiro atoms. The number of hydrogen-bond acceptors (Lipinski definition) is 6. The van der Waals surface area contributed by atoms with E-state index in [0.29, 0.717) is 6.79 Å². The van der Waals surface area contributed by atoms with Gasteiger partial charge in [0.25, 0.3) is 5.56 Å². The van der Waals surface area contributed by atoms with E-state index >= 15 is 0 Å². The molecular weight excluding hydrogens is 380 g/mol. The topological polar surface area (TPSA) is 63.4 Å². The van der Waals surface area contributed by atoms with Gasteiger partial charge in [-0.25, -0.2) is 0 Å². The Kier molecular flexibility index (Phi) is 5.24. The molecule has 0 fully saturated rings. The summed E-state index contributed by atoms with van der Waals surface area (Å²) >= 11 is 3.32. The van der Waals surface area contributed by atoms with Crippen molar-refractivity contribution in [3.05, 3.63) is 63.6 Å². The molecule has 2 N–H and O–H groups in total. The Balaban J connectivity index is 1.42. The Morgan fingerprint density at radius 1 is 1.19 bits per heavy atom. The predicted molar refractivity (Wildman–Crippen MR) is 110 cm³/mol. The fourth-order valence-electron chi connectivity index (χ4n) is 2.95. The van der Waals surface area contributed by atoms with Gasteiger partial charge in [0.1, 0.15) is 0 Å².